The summed E-state index contributed by atoms with van der Waals surface area (Å²) in [5.41, 5.74) is 2.00. The number of anilines is 1. The van der Waals surface area contributed by atoms with Crippen molar-refractivity contribution >= 4 is 11.6 Å². The number of carbonyl (C=O) groups is 1. The van der Waals surface area contributed by atoms with Crippen LogP contribution in [-0.4, -0.2) is 30.4 Å². The molecule has 0 unspecified atom stereocenters. The van der Waals surface area contributed by atoms with Gasteiger partial charge in [0.05, 0.1) is 6.04 Å². The number of amides is 1. The Balaban J connectivity index is 2.74. The van der Waals surface area contributed by atoms with Gasteiger partial charge in [-0.15, -0.1) is 0 Å². The van der Waals surface area contributed by atoms with Crippen molar-refractivity contribution in [1.29, 1.82) is 0 Å². The van der Waals surface area contributed by atoms with E-state index in [-0.39, 0.29) is 11.9 Å². The predicted molar refractivity (Wildman–Crippen MR) is 72.2 cm³/mol. The molecule has 0 aliphatic carbocycles. The molecule has 0 aromatic heterocycles. The Hall–Kier alpha value is -1.35. The Morgan fingerprint density at radius 2 is 2.00 bits per heavy atom. The smallest absolute Gasteiger partial charge is 0.241 e. The van der Waals surface area contributed by atoms with Crippen LogP contribution < -0.4 is 5.32 Å². The molecule has 0 bridgehead atoms. The minimum Gasteiger partial charge on any atom is -0.324 e. The summed E-state index contributed by atoms with van der Waals surface area (Å²) < 4.78 is 0. The lowest BCUT2D eigenvalue weighted by atomic mass is 10.1. The molecule has 1 rings (SSSR count). The summed E-state index contributed by atoms with van der Waals surface area (Å²) in [6, 6.07) is 7.79. The molecule has 1 N–H and O–H groups in total. The zero-order valence-corrected chi connectivity index (χ0v) is 11.2. The molecule has 1 aromatic carbocycles. The van der Waals surface area contributed by atoms with Gasteiger partial charge in [0, 0.05) is 5.69 Å². The second-order valence-electron chi connectivity index (χ2n) is 4.30. The molecule has 0 saturated heterocycles. The molecule has 1 amide bonds. The summed E-state index contributed by atoms with van der Waals surface area (Å²) in [5.74, 6) is 0.0751. The van der Waals surface area contributed by atoms with E-state index in [0.717, 1.165) is 24.2 Å². The van der Waals surface area contributed by atoms with Crippen molar-refractivity contribution < 1.29 is 4.79 Å². The van der Waals surface area contributed by atoms with Crippen LogP contribution in [0.4, 0.5) is 5.69 Å². The molecule has 1 atom stereocenters. The molecular formula is C14H22N2O. The maximum absolute atomic E-state index is 12.1. The Morgan fingerprint density at radius 3 is 2.53 bits per heavy atom. The molecule has 0 saturated carbocycles. The monoisotopic (exact) mass is 234 g/mol. The average Bonchev–Trinajstić information content (AvgIpc) is 2.32. The van der Waals surface area contributed by atoms with Crippen LogP contribution >= 0.6 is 0 Å². The molecule has 0 radical (unpaired) electrons. The summed E-state index contributed by atoms with van der Waals surface area (Å²) in [5, 5.41) is 3.00. The second-order valence-corrected chi connectivity index (χ2v) is 4.30. The molecular weight excluding hydrogens is 212 g/mol. The highest BCUT2D eigenvalue weighted by atomic mass is 16.2. The van der Waals surface area contributed by atoms with Crippen LogP contribution in [0.25, 0.3) is 0 Å². The number of nitrogens with zero attached hydrogens (tertiary/aromatic N) is 1. The van der Waals surface area contributed by atoms with Gasteiger partial charge in [0.2, 0.25) is 5.91 Å². The first-order valence-corrected chi connectivity index (χ1v) is 6.16. The van der Waals surface area contributed by atoms with Crippen LogP contribution in [0.5, 0.6) is 0 Å². The average molecular weight is 234 g/mol. The number of rotatable bonds is 5. The lowest BCUT2D eigenvalue weighted by molar-refractivity contribution is -0.120. The topological polar surface area (TPSA) is 32.3 Å². The SMILES string of the molecule is CC[C@@H](C(=O)Nc1ccccc1C)N(C)CC. The number of aryl methyl sites for hydroxylation is 1. The van der Waals surface area contributed by atoms with Crippen molar-refractivity contribution in [1.82, 2.24) is 4.90 Å². The third-order valence-electron chi connectivity index (χ3n) is 3.12. The van der Waals surface area contributed by atoms with Gasteiger partial charge in [0.25, 0.3) is 0 Å². The van der Waals surface area contributed by atoms with Crippen molar-refractivity contribution in [3.05, 3.63) is 29.8 Å². The maximum Gasteiger partial charge on any atom is 0.241 e. The van der Waals surface area contributed by atoms with E-state index in [2.05, 4.69) is 17.1 Å². The van der Waals surface area contributed by atoms with Gasteiger partial charge in [-0.1, -0.05) is 32.0 Å². The van der Waals surface area contributed by atoms with E-state index in [0.29, 0.717) is 0 Å². The van der Waals surface area contributed by atoms with Crippen LogP contribution in [-0.2, 0) is 4.79 Å². The minimum atomic E-state index is -0.0559. The molecule has 3 nitrogen and oxygen atoms in total. The van der Waals surface area contributed by atoms with Gasteiger partial charge in [-0.05, 0) is 38.6 Å². The highest BCUT2D eigenvalue weighted by molar-refractivity contribution is 5.95. The van der Waals surface area contributed by atoms with E-state index in [1.54, 1.807) is 0 Å². The van der Waals surface area contributed by atoms with Crippen LogP contribution in [0, 0.1) is 6.92 Å². The highest BCUT2D eigenvalue weighted by Gasteiger charge is 2.20. The highest BCUT2D eigenvalue weighted by Crippen LogP contribution is 2.14. The van der Waals surface area contributed by atoms with Crippen molar-refractivity contribution in [2.24, 2.45) is 0 Å². The van der Waals surface area contributed by atoms with Crippen molar-refractivity contribution in [3.8, 4) is 0 Å². The fourth-order valence-electron chi connectivity index (χ4n) is 1.85. The van der Waals surface area contributed by atoms with E-state index >= 15 is 0 Å². The van der Waals surface area contributed by atoms with E-state index in [9.17, 15) is 4.79 Å². The Morgan fingerprint density at radius 1 is 1.35 bits per heavy atom. The van der Waals surface area contributed by atoms with Gasteiger partial charge < -0.3 is 5.32 Å². The molecule has 3 heteroatoms. The van der Waals surface area contributed by atoms with Gasteiger partial charge in [0.15, 0.2) is 0 Å². The molecule has 94 valence electrons. The first-order chi connectivity index (χ1) is 8.10. The van der Waals surface area contributed by atoms with Gasteiger partial charge >= 0.3 is 0 Å². The van der Waals surface area contributed by atoms with Crippen LogP contribution in [0.1, 0.15) is 25.8 Å². The molecule has 0 aliphatic heterocycles. The van der Waals surface area contributed by atoms with Crippen LogP contribution in [0.15, 0.2) is 24.3 Å². The number of carbonyl (C=O) groups excluding carboxylic acids is 1. The summed E-state index contributed by atoms with van der Waals surface area (Å²) in [6.45, 7) is 6.97. The first kappa shape index (κ1) is 13.7. The normalized spacial score (nSPS) is 12.5. The molecule has 0 fully saturated rings. The van der Waals surface area contributed by atoms with Crippen molar-refractivity contribution in [2.45, 2.75) is 33.2 Å². The zero-order valence-electron chi connectivity index (χ0n) is 11.2. The number of benzene rings is 1. The van der Waals surface area contributed by atoms with E-state index in [4.69, 9.17) is 0 Å². The first-order valence-electron chi connectivity index (χ1n) is 6.16. The Labute approximate surface area is 104 Å². The molecule has 0 spiro atoms. The van der Waals surface area contributed by atoms with Gasteiger partial charge in [0.1, 0.15) is 0 Å². The number of hydrogen-bond acceptors (Lipinski definition) is 2. The number of nitrogens with one attached hydrogen (secondary N) is 1. The van der Waals surface area contributed by atoms with Crippen LogP contribution in [0.2, 0.25) is 0 Å². The quantitative estimate of drug-likeness (QED) is 0.849. The van der Waals surface area contributed by atoms with Crippen molar-refractivity contribution in [3.63, 3.8) is 0 Å². The maximum atomic E-state index is 12.1. The lowest BCUT2D eigenvalue weighted by Crippen LogP contribution is -2.41. The zero-order chi connectivity index (χ0) is 12.8. The third kappa shape index (κ3) is 3.56. The van der Waals surface area contributed by atoms with E-state index in [1.807, 2.05) is 45.2 Å². The van der Waals surface area contributed by atoms with Crippen LogP contribution in [0.3, 0.4) is 0 Å². The number of likely N-dealkylation sites (N-methyl/N-ethyl adjacent to an activating group) is 1. The minimum absolute atomic E-state index is 0.0559. The lowest BCUT2D eigenvalue weighted by Gasteiger charge is -2.25. The fourth-order valence-corrected chi connectivity index (χ4v) is 1.85. The summed E-state index contributed by atoms with van der Waals surface area (Å²) in [7, 11) is 1.98. The number of para-hydroxylation sites is 1. The van der Waals surface area contributed by atoms with E-state index in [1.165, 1.54) is 0 Å². The Bertz CT molecular complexity index is 376. The predicted octanol–water partition coefficient (Wildman–Crippen LogP) is 2.66. The van der Waals surface area contributed by atoms with Crippen molar-refractivity contribution in [2.75, 3.05) is 18.9 Å². The van der Waals surface area contributed by atoms with Gasteiger partial charge in [-0.3, -0.25) is 9.69 Å². The largest absolute Gasteiger partial charge is 0.324 e. The van der Waals surface area contributed by atoms with Gasteiger partial charge in [-0.25, -0.2) is 0 Å². The number of hydrogen-bond donors (Lipinski definition) is 1. The second kappa shape index (κ2) is 6.40. The molecule has 1 aromatic rings. The summed E-state index contributed by atoms with van der Waals surface area (Å²) in [4.78, 5) is 14.2. The Kier molecular flexibility index (Phi) is 5.16. The van der Waals surface area contributed by atoms with E-state index < -0.39 is 0 Å². The molecule has 0 aliphatic rings. The third-order valence-corrected chi connectivity index (χ3v) is 3.12. The molecule has 17 heavy (non-hydrogen) atoms. The molecule has 0 heterocycles. The standard InChI is InChI=1S/C14H22N2O/c1-5-13(16(4)6-2)14(17)15-12-10-8-7-9-11(12)3/h7-10,13H,5-6H2,1-4H3,(H,15,17)/t13-/m0/s1. The van der Waals surface area contributed by atoms with Gasteiger partial charge in [-0.2, -0.15) is 0 Å². The summed E-state index contributed by atoms with van der Waals surface area (Å²) in [6.07, 6.45) is 0.821. The summed E-state index contributed by atoms with van der Waals surface area (Å²) >= 11 is 0. The fraction of sp³-hybridized carbons (Fsp3) is 0.500.